The molecule has 0 aliphatic heterocycles. The van der Waals surface area contributed by atoms with Gasteiger partial charge in [-0.3, -0.25) is 0 Å². The van der Waals surface area contributed by atoms with Gasteiger partial charge in [0.1, 0.15) is 5.75 Å². The summed E-state index contributed by atoms with van der Waals surface area (Å²) in [7, 11) is 1.99. The van der Waals surface area contributed by atoms with Crippen LogP contribution >= 0.6 is 11.3 Å². The maximum Gasteiger partial charge on any atom is 0.119 e. The predicted molar refractivity (Wildman–Crippen MR) is 77.4 cm³/mol. The number of ether oxygens (including phenoxy) is 1. The zero-order valence-electron chi connectivity index (χ0n) is 10.8. The average molecular weight is 261 g/mol. The highest BCUT2D eigenvalue weighted by molar-refractivity contribution is 7.08. The zero-order chi connectivity index (χ0) is 12.8. The van der Waals surface area contributed by atoms with Gasteiger partial charge in [-0.2, -0.15) is 11.3 Å². The number of thiophene rings is 1. The normalized spacial score (nSPS) is 12.3. The maximum absolute atomic E-state index is 5.60. The van der Waals surface area contributed by atoms with Crippen LogP contribution in [-0.4, -0.2) is 13.7 Å². The molecule has 0 aliphatic rings. The molecule has 3 heteroatoms. The highest BCUT2D eigenvalue weighted by Crippen LogP contribution is 2.25. The molecule has 2 nitrogen and oxygen atoms in total. The third kappa shape index (κ3) is 3.12. The van der Waals surface area contributed by atoms with Crippen LogP contribution in [0.25, 0.3) is 0 Å². The molecule has 2 rings (SSSR count). The zero-order valence-corrected chi connectivity index (χ0v) is 11.7. The van der Waals surface area contributed by atoms with E-state index in [1.807, 2.05) is 19.2 Å². The van der Waals surface area contributed by atoms with E-state index in [1.165, 1.54) is 11.1 Å². The number of benzene rings is 1. The minimum absolute atomic E-state index is 0.261. The van der Waals surface area contributed by atoms with Gasteiger partial charge in [0.2, 0.25) is 0 Å². The van der Waals surface area contributed by atoms with Crippen LogP contribution in [0.2, 0.25) is 0 Å². The Kier molecular flexibility index (Phi) is 4.79. The van der Waals surface area contributed by atoms with E-state index in [9.17, 15) is 0 Å². The Balaban J connectivity index is 2.12. The molecule has 0 spiro atoms. The molecule has 0 radical (unpaired) electrons. The first-order valence-electron chi connectivity index (χ1n) is 6.27. The number of hydrogen-bond donors (Lipinski definition) is 1. The highest BCUT2D eigenvalue weighted by atomic mass is 32.1. The molecule has 1 atom stereocenters. The van der Waals surface area contributed by atoms with E-state index in [2.05, 4.69) is 41.2 Å². The van der Waals surface area contributed by atoms with Crippen LogP contribution in [0.5, 0.6) is 5.75 Å². The summed E-state index contributed by atoms with van der Waals surface area (Å²) >= 11 is 1.73. The second-order valence-corrected chi connectivity index (χ2v) is 4.98. The van der Waals surface area contributed by atoms with Crippen LogP contribution in [0, 0.1) is 0 Å². The Morgan fingerprint density at radius 1 is 1.17 bits per heavy atom. The van der Waals surface area contributed by atoms with Gasteiger partial charge in [-0.05, 0) is 53.6 Å². The van der Waals surface area contributed by atoms with Crippen LogP contribution < -0.4 is 10.1 Å². The summed E-state index contributed by atoms with van der Waals surface area (Å²) in [6.45, 7) is 2.89. The molecule has 96 valence electrons. The molecule has 0 bridgehead atoms. The first-order chi connectivity index (χ1) is 8.85. The predicted octanol–water partition coefficient (Wildman–Crippen LogP) is 3.85. The molecule has 0 fully saturated rings. The fourth-order valence-electron chi connectivity index (χ4n) is 1.94. The first kappa shape index (κ1) is 13.1. The monoisotopic (exact) mass is 261 g/mol. The summed E-state index contributed by atoms with van der Waals surface area (Å²) in [6, 6.07) is 10.8. The average Bonchev–Trinajstić information content (AvgIpc) is 2.93. The Morgan fingerprint density at radius 3 is 2.50 bits per heavy atom. The Labute approximate surface area is 113 Å². The first-order valence-corrected chi connectivity index (χ1v) is 7.21. The summed E-state index contributed by atoms with van der Waals surface area (Å²) in [6.07, 6.45) is 1.04. The summed E-state index contributed by atoms with van der Waals surface area (Å²) in [5.74, 6) is 0.945. The lowest BCUT2D eigenvalue weighted by Gasteiger charge is -2.16. The van der Waals surface area contributed by atoms with Gasteiger partial charge in [-0.25, -0.2) is 0 Å². The number of hydrogen-bond acceptors (Lipinski definition) is 3. The van der Waals surface area contributed by atoms with Crippen molar-refractivity contribution < 1.29 is 4.74 Å². The molecule has 2 aromatic rings. The highest BCUT2D eigenvalue weighted by Gasteiger charge is 2.11. The van der Waals surface area contributed by atoms with Gasteiger partial charge in [-0.15, -0.1) is 0 Å². The standard InChI is InChI=1S/C15H19NOS/c1-3-9-17-14-6-4-12(5-7-14)15(16-2)13-8-10-18-11-13/h4-8,10-11,15-16H,3,9H2,1-2H3. The minimum atomic E-state index is 0.261. The molecule has 0 saturated carbocycles. The topological polar surface area (TPSA) is 21.3 Å². The van der Waals surface area contributed by atoms with Crippen LogP contribution in [0.3, 0.4) is 0 Å². The summed E-state index contributed by atoms with van der Waals surface area (Å²) in [4.78, 5) is 0. The van der Waals surface area contributed by atoms with E-state index >= 15 is 0 Å². The molecule has 1 N–H and O–H groups in total. The second kappa shape index (κ2) is 6.57. The van der Waals surface area contributed by atoms with Crippen molar-refractivity contribution in [2.75, 3.05) is 13.7 Å². The fourth-order valence-corrected chi connectivity index (χ4v) is 2.63. The quantitative estimate of drug-likeness (QED) is 0.853. The maximum atomic E-state index is 5.60. The SMILES string of the molecule is CCCOc1ccc(C(NC)c2ccsc2)cc1. The molecule has 1 aromatic carbocycles. The van der Waals surface area contributed by atoms with Crippen molar-refractivity contribution in [3.63, 3.8) is 0 Å². The van der Waals surface area contributed by atoms with Crippen molar-refractivity contribution >= 4 is 11.3 Å². The van der Waals surface area contributed by atoms with Gasteiger partial charge in [-0.1, -0.05) is 19.1 Å². The van der Waals surface area contributed by atoms with Gasteiger partial charge in [0.25, 0.3) is 0 Å². The van der Waals surface area contributed by atoms with Crippen molar-refractivity contribution in [1.82, 2.24) is 5.32 Å². The molecule has 1 aromatic heterocycles. The number of nitrogens with one attached hydrogen (secondary N) is 1. The van der Waals surface area contributed by atoms with Crippen LogP contribution in [0.15, 0.2) is 41.1 Å². The molecule has 1 unspecified atom stereocenters. The van der Waals surface area contributed by atoms with Crippen molar-refractivity contribution in [1.29, 1.82) is 0 Å². The van der Waals surface area contributed by atoms with Crippen LogP contribution in [0.1, 0.15) is 30.5 Å². The Morgan fingerprint density at radius 2 is 1.94 bits per heavy atom. The lowest BCUT2D eigenvalue weighted by molar-refractivity contribution is 0.317. The van der Waals surface area contributed by atoms with E-state index in [-0.39, 0.29) is 6.04 Å². The summed E-state index contributed by atoms with van der Waals surface area (Å²) in [5.41, 5.74) is 2.57. The van der Waals surface area contributed by atoms with E-state index in [1.54, 1.807) is 11.3 Å². The van der Waals surface area contributed by atoms with E-state index < -0.39 is 0 Å². The Hall–Kier alpha value is -1.32. The summed E-state index contributed by atoms with van der Waals surface area (Å²) in [5, 5.41) is 7.64. The van der Waals surface area contributed by atoms with Crippen LogP contribution in [0.4, 0.5) is 0 Å². The largest absolute Gasteiger partial charge is 0.494 e. The second-order valence-electron chi connectivity index (χ2n) is 4.20. The van der Waals surface area contributed by atoms with Gasteiger partial charge in [0, 0.05) is 0 Å². The smallest absolute Gasteiger partial charge is 0.119 e. The molecular formula is C15H19NOS. The lowest BCUT2D eigenvalue weighted by Crippen LogP contribution is -2.16. The van der Waals surface area contributed by atoms with Gasteiger partial charge < -0.3 is 10.1 Å². The van der Waals surface area contributed by atoms with Gasteiger partial charge >= 0.3 is 0 Å². The van der Waals surface area contributed by atoms with Gasteiger partial charge in [0.05, 0.1) is 12.6 Å². The third-order valence-electron chi connectivity index (χ3n) is 2.85. The summed E-state index contributed by atoms with van der Waals surface area (Å²) < 4.78 is 5.60. The van der Waals surface area contributed by atoms with Crippen LogP contribution in [-0.2, 0) is 0 Å². The van der Waals surface area contributed by atoms with Crippen molar-refractivity contribution in [3.8, 4) is 5.75 Å². The molecule has 0 saturated heterocycles. The minimum Gasteiger partial charge on any atom is -0.494 e. The molecule has 0 amide bonds. The molecule has 0 aliphatic carbocycles. The Bertz CT molecular complexity index is 450. The fraction of sp³-hybridized carbons (Fsp3) is 0.333. The molecule has 18 heavy (non-hydrogen) atoms. The van der Waals surface area contributed by atoms with E-state index in [4.69, 9.17) is 4.74 Å². The van der Waals surface area contributed by atoms with Gasteiger partial charge in [0.15, 0.2) is 0 Å². The van der Waals surface area contributed by atoms with Crippen molar-refractivity contribution in [2.24, 2.45) is 0 Å². The van der Waals surface area contributed by atoms with E-state index in [0.29, 0.717) is 0 Å². The lowest BCUT2D eigenvalue weighted by atomic mass is 10.0. The van der Waals surface area contributed by atoms with Crippen molar-refractivity contribution in [2.45, 2.75) is 19.4 Å². The van der Waals surface area contributed by atoms with E-state index in [0.717, 1.165) is 18.8 Å². The number of rotatable bonds is 6. The molecular weight excluding hydrogens is 242 g/mol. The van der Waals surface area contributed by atoms with Crippen molar-refractivity contribution in [3.05, 3.63) is 52.2 Å². The third-order valence-corrected chi connectivity index (χ3v) is 3.55. The molecule has 1 heterocycles.